The second-order valence-corrected chi connectivity index (χ2v) is 6.23. The predicted molar refractivity (Wildman–Crippen MR) is 98.6 cm³/mol. The summed E-state index contributed by atoms with van der Waals surface area (Å²) in [5, 5.41) is 1.27. The van der Waals surface area contributed by atoms with E-state index in [1.165, 1.54) is 6.33 Å². The van der Waals surface area contributed by atoms with Crippen molar-refractivity contribution in [3.05, 3.63) is 87.4 Å². The zero-order chi connectivity index (χ0) is 17.1. The number of carbonyl (C=O) groups is 1. The van der Waals surface area contributed by atoms with Crippen molar-refractivity contribution in [3.63, 3.8) is 0 Å². The van der Waals surface area contributed by atoms with E-state index in [2.05, 4.69) is 4.98 Å². The molecule has 120 valence electrons. The number of halogens is 3. The third-order valence-corrected chi connectivity index (χ3v) is 4.11. The smallest absolute Gasteiger partial charge is 0.209 e. The van der Waals surface area contributed by atoms with Gasteiger partial charge in [-0.15, -0.1) is 0 Å². The average Bonchev–Trinajstić information content (AvgIpc) is 3.00. The van der Waals surface area contributed by atoms with Gasteiger partial charge in [0, 0.05) is 21.8 Å². The van der Waals surface area contributed by atoms with Crippen molar-refractivity contribution >= 4 is 52.4 Å². The number of Topliss-reactive ketones (excluding diaryl/α,β-unsaturated/α-hetero) is 1. The van der Waals surface area contributed by atoms with Crippen LogP contribution in [0.3, 0.4) is 0 Å². The molecule has 2 aromatic carbocycles. The van der Waals surface area contributed by atoms with E-state index in [1.807, 2.05) is 6.07 Å². The molecule has 0 radical (unpaired) electrons. The topological polar surface area (TPSA) is 34.9 Å². The van der Waals surface area contributed by atoms with Crippen LogP contribution in [-0.2, 0) is 0 Å². The van der Waals surface area contributed by atoms with E-state index in [-0.39, 0.29) is 5.78 Å². The van der Waals surface area contributed by atoms with Crippen molar-refractivity contribution in [1.29, 1.82) is 0 Å². The molecule has 0 unspecified atom stereocenters. The Morgan fingerprint density at radius 3 is 2.42 bits per heavy atom. The van der Waals surface area contributed by atoms with Crippen molar-refractivity contribution in [1.82, 2.24) is 9.55 Å². The summed E-state index contributed by atoms with van der Waals surface area (Å²) in [6.45, 7) is 0. The molecule has 0 spiro atoms. The third-order valence-electron chi connectivity index (χ3n) is 3.35. The third kappa shape index (κ3) is 3.70. The molecule has 0 aliphatic rings. The maximum atomic E-state index is 12.9. The van der Waals surface area contributed by atoms with Crippen LogP contribution in [0.1, 0.15) is 15.9 Å². The second kappa shape index (κ2) is 7.22. The quantitative estimate of drug-likeness (QED) is 0.430. The number of allylic oxidation sites excluding steroid dienone is 1. The van der Waals surface area contributed by atoms with Gasteiger partial charge in [-0.05, 0) is 23.8 Å². The minimum absolute atomic E-state index is 0.171. The van der Waals surface area contributed by atoms with Crippen molar-refractivity contribution in [2.75, 3.05) is 0 Å². The number of rotatable bonds is 4. The highest BCUT2D eigenvalue weighted by molar-refractivity contribution is 6.36. The summed E-state index contributed by atoms with van der Waals surface area (Å²) in [4.78, 5) is 16.9. The normalized spacial score (nSPS) is 11.5. The van der Waals surface area contributed by atoms with Gasteiger partial charge in [-0.25, -0.2) is 4.98 Å². The summed E-state index contributed by atoms with van der Waals surface area (Å²) in [6.07, 6.45) is 4.74. The number of hydrogen-bond acceptors (Lipinski definition) is 2. The van der Waals surface area contributed by atoms with Crippen LogP contribution in [-0.4, -0.2) is 15.3 Å². The summed E-state index contributed by atoms with van der Waals surface area (Å²) in [5.41, 5.74) is 1.61. The number of imidazole rings is 1. The maximum Gasteiger partial charge on any atom is 0.209 e. The first-order chi connectivity index (χ1) is 11.5. The Kier molecular flexibility index (Phi) is 5.05. The molecule has 6 heteroatoms. The molecule has 0 aliphatic carbocycles. The first-order valence-corrected chi connectivity index (χ1v) is 8.14. The number of hydrogen-bond donors (Lipinski definition) is 0. The summed E-state index contributed by atoms with van der Waals surface area (Å²) in [6, 6.07) is 14.1. The highest BCUT2D eigenvalue weighted by Gasteiger charge is 2.15. The predicted octanol–water partition coefficient (Wildman–Crippen LogP) is 5.72. The van der Waals surface area contributed by atoms with E-state index >= 15 is 0 Å². The van der Waals surface area contributed by atoms with Gasteiger partial charge in [0.05, 0.1) is 5.70 Å². The number of benzene rings is 2. The lowest BCUT2D eigenvalue weighted by molar-refractivity contribution is 0.105. The summed E-state index contributed by atoms with van der Waals surface area (Å²) in [7, 11) is 0. The number of nitrogens with zero attached hydrogens (tertiary/aromatic N) is 2. The van der Waals surface area contributed by atoms with E-state index < -0.39 is 0 Å². The van der Waals surface area contributed by atoms with Crippen LogP contribution in [0.4, 0.5) is 0 Å². The Morgan fingerprint density at radius 2 is 1.79 bits per heavy atom. The highest BCUT2D eigenvalue weighted by atomic mass is 35.5. The number of carbonyl (C=O) groups excluding carboxylic acids is 1. The lowest BCUT2D eigenvalue weighted by Crippen LogP contribution is -2.08. The van der Waals surface area contributed by atoms with Crippen LogP contribution in [0, 0.1) is 0 Å². The van der Waals surface area contributed by atoms with Crippen LogP contribution in [0.5, 0.6) is 0 Å². The molecule has 0 saturated heterocycles. The fourth-order valence-corrected chi connectivity index (χ4v) is 2.80. The van der Waals surface area contributed by atoms with E-state index in [4.69, 9.17) is 34.8 Å². The molecule has 24 heavy (non-hydrogen) atoms. The number of ketones is 1. The molecule has 0 aliphatic heterocycles. The molecule has 3 nitrogen and oxygen atoms in total. The molecular weight excluding hydrogens is 367 g/mol. The minimum Gasteiger partial charge on any atom is -0.301 e. The molecule has 1 heterocycles. The van der Waals surface area contributed by atoms with E-state index in [0.717, 1.165) is 0 Å². The zero-order valence-corrected chi connectivity index (χ0v) is 14.6. The van der Waals surface area contributed by atoms with Gasteiger partial charge in [0.1, 0.15) is 11.5 Å². The molecule has 0 N–H and O–H groups in total. The fraction of sp³-hybridized carbons (Fsp3) is 0. The first-order valence-electron chi connectivity index (χ1n) is 7.01. The van der Waals surface area contributed by atoms with E-state index in [0.29, 0.717) is 32.0 Å². The Bertz CT molecular complexity index is 917. The molecule has 0 fully saturated rings. The Labute approximate surface area is 154 Å². The van der Waals surface area contributed by atoms with Crippen molar-refractivity contribution in [3.8, 4) is 0 Å². The Hall–Kier alpha value is -2.07. The molecule has 1 aromatic heterocycles. The molecule has 3 rings (SSSR count). The Morgan fingerprint density at radius 1 is 1.04 bits per heavy atom. The summed E-state index contributed by atoms with van der Waals surface area (Å²) < 4.78 is 1.57. The molecule has 3 aromatic rings. The molecule has 0 amide bonds. The van der Waals surface area contributed by atoms with Crippen molar-refractivity contribution in [2.45, 2.75) is 0 Å². The molecule has 0 bridgehead atoms. The summed E-state index contributed by atoms with van der Waals surface area (Å²) in [5.74, 6) is -0.171. The SMILES string of the molecule is O=C(/C(=C\c1ccc(Cl)cc1Cl)n1cnc(Cl)c1)c1ccccc1. The lowest BCUT2D eigenvalue weighted by atomic mass is 10.1. The van der Waals surface area contributed by atoms with Gasteiger partial charge >= 0.3 is 0 Å². The summed E-state index contributed by atoms with van der Waals surface area (Å²) >= 11 is 18.0. The van der Waals surface area contributed by atoms with Gasteiger partial charge in [-0.2, -0.15) is 0 Å². The van der Waals surface area contributed by atoms with Crippen molar-refractivity contribution in [2.24, 2.45) is 0 Å². The van der Waals surface area contributed by atoms with Crippen LogP contribution >= 0.6 is 34.8 Å². The first kappa shape index (κ1) is 16.8. The van der Waals surface area contributed by atoms with E-state index in [1.54, 1.807) is 59.3 Å². The molecule has 0 saturated carbocycles. The molecule has 0 atom stereocenters. The van der Waals surface area contributed by atoms with Crippen LogP contribution < -0.4 is 0 Å². The van der Waals surface area contributed by atoms with Crippen molar-refractivity contribution < 1.29 is 4.79 Å². The largest absolute Gasteiger partial charge is 0.301 e. The van der Waals surface area contributed by atoms with Gasteiger partial charge in [0.2, 0.25) is 5.78 Å². The number of aromatic nitrogens is 2. The average molecular weight is 378 g/mol. The van der Waals surface area contributed by atoms with Gasteiger partial charge in [0.25, 0.3) is 0 Å². The Balaban J connectivity index is 2.12. The maximum absolute atomic E-state index is 12.9. The fourth-order valence-electron chi connectivity index (χ4n) is 2.19. The second-order valence-electron chi connectivity index (χ2n) is 4.99. The van der Waals surface area contributed by atoms with Gasteiger partial charge in [0.15, 0.2) is 0 Å². The lowest BCUT2D eigenvalue weighted by Gasteiger charge is -2.09. The van der Waals surface area contributed by atoms with Gasteiger partial charge in [-0.1, -0.05) is 71.2 Å². The minimum atomic E-state index is -0.171. The van der Waals surface area contributed by atoms with Crippen LogP contribution in [0.2, 0.25) is 15.2 Å². The van der Waals surface area contributed by atoms with Crippen LogP contribution in [0.25, 0.3) is 11.8 Å². The van der Waals surface area contributed by atoms with Gasteiger partial charge in [-0.3, -0.25) is 4.79 Å². The standard InChI is InChI=1S/C18H11Cl3N2O/c19-14-7-6-13(15(20)9-14)8-16(23-10-17(21)22-11-23)18(24)12-4-2-1-3-5-12/h1-11H/b16-8+. The van der Waals surface area contributed by atoms with E-state index in [9.17, 15) is 4.79 Å². The molecular formula is C18H11Cl3N2O. The monoisotopic (exact) mass is 376 g/mol. The van der Waals surface area contributed by atoms with Gasteiger partial charge < -0.3 is 4.57 Å². The zero-order valence-electron chi connectivity index (χ0n) is 12.3. The highest BCUT2D eigenvalue weighted by Crippen LogP contribution is 2.26. The van der Waals surface area contributed by atoms with Crippen LogP contribution in [0.15, 0.2) is 61.1 Å².